The Balaban J connectivity index is 1.89. The zero-order valence-corrected chi connectivity index (χ0v) is 11.6. The third-order valence-corrected chi connectivity index (χ3v) is 3.07. The molecule has 0 radical (unpaired) electrons. The van der Waals surface area contributed by atoms with Crippen molar-refractivity contribution in [3.8, 4) is 0 Å². The summed E-state index contributed by atoms with van der Waals surface area (Å²) in [4.78, 5) is 4.41. The highest BCUT2D eigenvalue weighted by atomic mass is 16.5. The Kier molecular flexibility index (Phi) is 5.69. The lowest BCUT2D eigenvalue weighted by Crippen LogP contribution is -2.40. The van der Waals surface area contributed by atoms with E-state index in [4.69, 9.17) is 4.74 Å². The van der Waals surface area contributed by atoms with Gasteiger partial charge in [0, 0.05) is 26.2 Å². The summed E-state index contributed by atoms with van der Waals surface area (Å²) >= 11 is 0. The Morgan fingerprint density at radius 2 is 2.16 bits per heavy atom. The van der Waals surface area contributed by atoms with Crippen molar-refractivity contribution >= 4 is 5.96 Å². The van der Waals surface area contributed by atoms with Gasteiger partial charge < -0.3 is 15.4 Å². The van der Waals surface area contributed by atoms with Crippen molar-refractivity contribution < 1.29 is 4.74 Å². The van der Waals surface area contributed by atoms with Crippen molar-refractivity contribution in [2.24, 2.45) is 4.99 Å². The molecule has 2 rings (SSSR count). The van der Waals surface area contributed by atoms with E-state index in [2.05, 4.69) is 46.8 Å². The van der Waals surface area contributed by atoms with Gasteiger partial charge in [-0.2, -0.15) is 0 Å². The fourth-order valence-corrected chi connectivity index (χ4v) is 2.03. The lowest BCUT2D eigenvalue weighted by Gasteiger charge is -2.17. The molecule has 19 heavy (non-hydrogen) atoms. The van der Waals surface area contributed by atoms with Crippen LogP contribution in [0.3, 0.4) is 0 Å². The van der Waals surface area contributed by atoms with Gasteiger partial charge in [0.15, 0.2) is 5.96 Å². The highest BCUT2D eigenvalue weighted by Gasteiger charge is 2.05. The fourth-order valence-electron chi connectivity index (χ4n) is 2.03. The number of nitrogens with zero attached hydrogens (tertiary/aromatic N) is 1. The molecule has 4 nitrogen and oxygen atoms in total. The van der Waals surface area contributed by atoms with E-state index < -0.39 is 0 Å². The first-order valence-electron chi connectivity index (χ1n) is 7.07. The largest absolute Gasteiger partial charge is 0.377 e. The number of rotatable bonds is 6. The average Bonchev–Trinajstić information content (AvgIpc) is 2.48. The number of ether oxygens (including phenoxy) is 1. The van der Waals surface area contributed by atoms with Crippen LogP contribution in [0.25, 0.3) is 0 Å². The summed E-state index contributed by atoms with van der Waals surface area (Å²) in [6.45, 7) is 6.34. The predicted molar refractivity (Wildman–Crippen MR) is 78.2 cm³/mol. The molecule has 0 saturated heterocycles. The van der Waals surface area contributed by atoms with Gasteiger partial charge >= 0.3 is 0 Å². The van der Waals surface area contributed by atoms with Gasteiger partial charge in [0.1, 0.15) is 0 Å². The van der Waals surface area contributed by atoms with Crippen molar-refractivity contribution in [1.82, 2.24) is 10.6 Å². The number of benzene rings is 1. The van der Waals surface area contributed by atoms with E-state index >= 15 is 0 Å². The number of guanidine groups is 1. The van der Waals surface area contributed by atoms with Gasteiger partial charge in [-0.3, -0.25) is 4.99 Å². The minimum Gasteiger partial charge on any atom is -0.377 e. The third-order valence-electron chi connectivity index (χ3n) is 3.07. The van der Waals surface area contributed by atoms with Crippen LogP contribution in [0.2, 0.25) is 0 Å². The lowest BCUT2D eigenvalue weighted by molar-refractivity contribution is 0.121. The highest BCUT2D eigenvalue weighted by Crippen LogP contribution is 2.10. The molecule has 0 aromatic heterocycles. The SMILES string of the molecule is CCCOCc1ccccc1CNC1=NCCCN1. The van der Waals surface area contributed by atoms with Crippen molar-refractivity contribution in [2.75, 3.05) is 19.7 Å². The Morgan fingerprint density at radius 1 is 1.32 bits per heavy atom. The maximum atomic E-state index is 5.63. The number of hydrogen-bond donors (Lipinski definition) is 2. The summed E-state index contributed by atoms with van der Waals surface area (Å²) in [5, 5.41) is 6.62. The Bertz CT molecular complexity index is 418. The maximum absolute atomic E-state index is 5.63. The molecule has 0 spiro atoms. The van der Waals surface area contributed by atoms with E-state index in [-0.39, 0.29) is 0 Å². The molecule has 0 bridgehead atoms. The van der Waals surface area contributed by atoms with Crippen molar-refractivity contribution in [1.29, 1.82) is 0 Å². The van der Waals surface area contributed by atoms with E-state index in [1.807, 2.05) is 0 Å². The number of hydrogen-bond acceptors (Lipinski definition) is 4. The molecule has 1 aromatic carbocycles. The molecule has 1 aliphatic rings. The van der Waals surface area contributed by atoms with Crippen LogP contribution in [-0.4, -0.2) is 25.7 Å². The molecule has 0 saturated carbocycles. The fraction of sp³-hybridized carbons (Fsp3) is 0.533. The molecule has 4 heteroatoms. The smallest absolute Gasteiger partial charge is 0.191 e. The van der Waals surface area contributed by atoms with E-state index in [0.717, 1.165) is 45.0 Å². The van der Waals surface area contributed by atoms with Crippen molar-refractivity contribution in [3.63, 3.8) is 0 Å². The molecule has 0 unspecified atom stereocenters. The van der Waals surface area contributed by atoms with Crippen LogP contribution >= 0.6 is 0 Å². The molecule has 1 aliphatic heterocycles. The number of nitrogens with one attached hydrogen (secondary N) is 2. The van der Waals surface area contributed by atoms with E-state index in [1.54, 1.807) is 0 Å². The summed E-state index contributed by atoms with van der Waals surface area (Å²) in [7, 11) is 0. The minimum atomic E-state index is 0.686. The third kappa shape index (κ3) is 4.56. The molecular formula is C15H23N3O. The van der Waals surface area contributed by atoms with Crippen LogP contribution in [0, 0.1) is 0 Å². The molecule has 0 atom stereocenters. The first kappa shape index (κ1) is 13.9. The van der Waals surface area contributed by atoms with E-state index in [0.29, 0.717) is 6.61 Å². The summed E-state index contributed by atoms with van der Waals surface area (Å²) < 4.78 is 5.63. The summed E-state index contributed by atoms with van der Waals surface area (Å²) in [6, 6.07) is 8.39. The molecule has 0 aliphatic carbocycles. The molecule has 1 aromatic rings. The lowest BCUT2D eigenvalue weighted by atomic mass is 10.1. The van der Waals surface area contributed by atoms with Gasteiger partial charge in [-0.25, -0.2) is 0 Å². The second-order valence-corrected chi connectivity index (χ2v) is 4.69. The monoisotopic (exact) mass is 261 g/mol. The first-order valence-corrected chi connectivity index (χ1v) is 7.07. The normalized spacial score (nSPS) is 14.7. The summed E-state index contributed by atoms with van der Waals surface area (Å²) in [5.74, 6) is 0.913. The summed E-state index contributed by atoms with van der Waals surface area (Å²) in [5.41, 5.74) is 2.52. The second-order valence-electron chi connectivity index (χ2n) is 4.69. The van der Waals surface area contributed by atoms with E-state index in [9.17, 15) is 0 Å². The van der Waals surface area contributed by atoms with Gasteiger partial charge in [0.05, 0.1) is 6.61 Å². The van der Waals surface area contributed by atoms with Crippen molar-refractivity contribution in [3.05, 3.63) is 35.4 Å². The molecule has 1 heterocycles. The van der Waals surface area contributed by atoms with Crippen LogP contribution in [0.15, 0.2) is 29.3 Å². The second kappa shape index (κ2) is 7.79. The zero-order chi connectivity index (χ0) is 13.3. The van der Waals surface area contributed by atoms with Crippen molar-refractivity contribution in [2.45, 2.75) is 32.9 Å². The van der Waals surface area contributed by atoms with Crippen LogP contribution < -0.4 is 10.6 Å². The Morgan fingerprint density at radius 3 is 2.89 bits per heavy atom. The molecular weight excluding hydrogens is 238 g/mol. The number of aliphatic imine (C=N–C) groups is 1. The van der Waals surface area contributed by atoms with Gasteiger partial charge in [-0.15, -0.1) is 0 Å². The van der Waals surface area contributed by atoms with Crippen LogP contribution in [0.5, 0.6) is 0 Å². The zero-order valence-electron chi connectivity index (χ0n) is 11.6. The molecule has 2 N–H and O–H groups in total. The molecule has 0 fully saturated rings. The maximum Gasteiger partial charge on any atom is 0.191 e. The van der Waals surface area contributed by atoms with Gasteiger partial charge in [-0.1, -0.05) is 31.2 Å². The Labute approximate surface area is 115 Å². The van der Waals surface area contributed by atoms with E-state index in [1.165, 1.54) is 11.1 Å². The summed E-state index contributed by atoms with van der Waals surface area (Å²) in [6.07, 6.45) is 2.17. The van der Waals surface area contributed by atoms with Gasteiger partial charge in [0.2, 0.25) is 0 Å². The topological polar surface area (TPSA) is 45.6 Å². The predicted octanol–water partition coefficient (Wildman–Crippen LogP) is 2.05. The van der Waals surface area contributed by atoms with Crippen LogP contribution in [-0.2, 0) is 17.9 Å². The highest BCUT2D eigenvalue weighted by molar-refractivity contribution is 5.80. The molecule has 104 valence electrons. The molecule has 0 amide bonds. The Hall–Kier alpha value is -1.55. The van der Waals surface area contributed by atoms with Crippen LogP contribution in [0.4, 0.5) is 0 Å². The average molecular weight is 261 g/mol. The quantitative estimate of drug-likeness (QED) is 0.770. The first-order chi connectivity index (χ1) is 9.40. The van der Waals surface area contributed by atoms with Crippen LogP contribution in [0.1, 0.15) is 30.9 Å². The van der Waals surface area contributed by atoms with Gasteiger partial charge in [0.25, 0.3) is 0 Å². The van der Waals surface area contributed by atoms with Gasteiger partial charge in [-0.05, 0) is 24.0 Å². The standard InChI is InChI=1S/C15H23N3O/c1-2-10-19-12-14-7-4-3-6-13(14)11-18-15-16-8-5-9-17-15/h3-4,6-7H,2,5,8-12H2,1H3,(H2,16,17,18). The minimum absolute atomic E-state index is 0.686.